The minimum absolute atomic E-state index is 0.0578. The molecule has 8 nitrogen and oxygen atoms in total. The average Bonchev–Trinajstić information content (AvgIpc) is 3.62. The first kappa shape index (κ1) is 25.1. The van der Waals surface area contributed by atoms with Crippen LogP contribution in [-0.4, -0.2) is 37.2 Å². The zero-order chi connectivity index (χ0) is 25.8. The molecule has 0 amide bonds. The predicted octanol–water partition coefficient (Wildman–Crippen LogP) is 5.35. The van der Waals surface area contributed by atoms with Crippen molar-refractivity contribution in [2.45, 2.75) is 77.5 Å². The lowest BCUT2D eigenvalue weighted by Gasteiger charge is -2.31. The number of rotatable bonds is 10. The maximum atomic E-state index is 13.2. The van der Waals surface area contributed by atoms with E-state index in [0.29, 0.717) is 19.1 Å². The Balaban J connectivity index is 1.56. The van der Waals surface area contributed by atoms with E-state index >= 15 is 0 Å². The monoisotopic (exact) mass is 500 g/mol. The molecule has 1 aliphatic rings. The Kier molecular flexibility index (Phi) is 7.65. The first-order valence-corrected chi connectivity index (χ1v) is 13.4. The summed E-state index contributed by atoms with van der Waals surface area (Å²) in [5.41, 5.74) is 3.84. The number of nitrogens with one attached hydrogen (secondary N) is 1. The summed E-state index contributed by atoms with van der Waals surface area (Å²) in [6, 6.07) is 16.6. The number of pyridine rings is 1. The third-order valence-electron chi connectivity index (χ3n) is 7.65. The molecule has 0 aliphatic heterocycles. The summed E-state index contributed by atoms with van der Waals surface area (Å²) in [4.78, 5) is 18.6. The Morgan fingerprint density at radius 3 is 2.62 bits per heavy atom. The molecule has 8 heteroatoms. The maximum absolute atomic E-state index is 13.2. The molecule has 2 aromatic heterocycles. The van der Waals surface area contributed by atoms with Crippen LogP contribution in [0.1, 0.15) is 80.6 Å². The minimum Gasteiger partial charge on any atom is -0.496 e. The summed E-state index contributed by atoms with van der Waals surface area (Å²) in [5, 5.41) is 14.1. The molecule has 37 heavy (non-hydrogen) atoms. The normalized spacial score (nSPS) is 15.0. The molecule has 0 unspecified atom stereocenters. The van der Waals surface area contributed by atoms with Crippen molar-refractivity contribution >= 4 is 10.9 Å². The van der Waals surface area contributed by atoms with Gasteiger partial charge in [0.15, 0.2) is 5.82 Å². The molecule has 4 aromatic rings. The molecule has 2 aromatic carbocycles. The number of fused-ring (bicyclic) bond motifs is 1. The Morgan fingerprint density at radius 1 is 1.08 bits per heavy atom. The van der Waals surface area contributed by atoms with Crippen molar-refractivity contribution < 1.29 is 4.74 Å². The van der Waals surface area contributed by atoms with Crippen molar-refractivity contribution in [1.82, 2.24) is 30.1 Å². The van der Waals surface area contributed by atoms with E-state index in [2.05, 4.69) is 57.5 Å². The highest BCUT2D eigenvalue weighted by Crippen LogP contribution is 2.34. The zero-order valence-electron chi connectivity index (χ0n) is 22.0. The van der Waals surface area contributed by atoms with E-state index in [4.69, 9.17) is 4.74 Å². The van der Waals surface area contributed by atoms with Crippen LogP contribution in [0.3, 0.4) is 0 Å². The van der Waals surface area contributed by atoms with Gasteiger partial charge in [0.2, 0.25) is 0 Å². The van der Waals surface area contributed by atoms with Gasteiger partial charge in [-0.05, 0) is 71.3 Å². The van der Waals surface area contributed by atoms with Crippen LogP contribution in [0.2, 0.25) is 0 Å². The van der Waals surface area contributed by atoms with Crippen LogP contribution < -0.4 is 10.3 Å². The summed E-state index contributed by atoms with van der Waals surface area (Å²) in [6.45, 7) is 5.37. The van der Waals surface area contributed by atoms with Crippen LogP contribution in [0, 0.1) is 0 Å². The van der Waals surface area contributed by atoms with Crippen LogP contribution >= 0.6 is 0 Å². The molecular formula is C29H36N6O2. The summed E-state index contributed by atoms with van der Waals surface area (Å²) in [5.74, 6) is 1.70. The maximum Gasteiger partial charge on any atom is 0.252 e. The van der Waals surface area contributed by atoms with Crippen molar-refractivity contribution in [2.75, 3.05) is 7.11 Å². The zero-order valence-corrected chi connectivity index (χ0v) is 22.0. The highest BCUT2D eigenvalue weighted by Gasteiger charge is 2.30. The predicted molar refractivity (Wildman–Crippen MR) is 145 cm³/mol. The Morgan fingerprint density at radius 2 is 1.86 bits per heavy atom. The molecule has 0 spiro atoms. The molecule has 1 aliphatic carbocycles. The molecule has 1 saturated carbocycles. The lowest BCUT2D eigenvalue weighted by molar-refractivity contribution is 0.156. The number of aromatic amines is 1. The second-order valence-corrected chi connectivity index (χ2v) is 9.96. The number of hydrogen-bond donors (Lipinski definition) is 1. The van der Waals surface area contributed by atoms with Crippen LogP contribution in [0.5, 0.6) is 5.75 Å². The number of para-hydroxylation sites is 1. The first-order chi connectivity index (χ1) is 18.1. The van der Waals surface area contributed by atoms with E-state index < -0.39 is 0 Å². The van der Waals surface area contributed by atoms with Gasteiger partial charge in [-0.3, -0.25) is 9.69 Å². The summed E-state index contributed by atoms with van der Waals surface area (Å²) >= 11 is 0. The number of aryl methyl sites for hydroxylation is 1. The fourth-order valence-electron chi connectivity index (χ4n) is 5.62. The average molecular weight is 501 g/mol. The molecule has 1 atom stereocenters. The van der Waals surface area contributed by atoms with Crippen LogP contribution in [0.15, 0.2) is 53.3 Å². The molecule has 0 radical (unpaired) electrons. The molecule has 0 saturated heterocycles. The van der Waals surface area contributed by atoms with E-state index in [1.54, 1.807) is 7.11 Å². The van der Waals surface area contributed by atoms with Crippen LogP contribution in [0.4, 0.5) is 0 Å². The smallest absolute Gasteiger partial charge is 0.252 e. The number of hydrogen-bond acceptors (Lipinski definition) is 6. The lowest BCUT2D eigenvalue weighted by atomic mass is 10.0. The van der Waals surface area contributed by atoms with Gasteiger partial charge < -0.3 is 9.72 Å². The van der Waals surface area contributed by atoms with Gasteiger partial charge in [0.1, 0.15) is 5.75 Å². The molecule has 5 rings (SSSR count). The third-order valence-corrected chi connectivity index (χ3v) is 7.65. The number of nitrogens with zero attached hydrogens (tertiary/aromatic N) is 5. The SMILES string of the molecule is CCc1ccc2[nH]c(=O)c(CN(Cc3ccccc3OC)[C@H](CC)c3nnnn3C3CCCC3)cc2c1. The summed E-state index contributed by atoms with van der Waals surface area (Å²) in [7, 11) is 1.69. The fourth-order valence-corrected chi connectivity index (χ4v) is 5.62. The van der Waals surface area contributed by atoms with Gasteiger partial charge in [-0.2, -0.15) is 0 Å². The van der Waals surface area contributed by atoms with Crippen molar-refractivity contribution in [3.05, 3.63) is 81.4 Å². The van der Waals surface area contributed by atoms with E-state index in [9.17, 15) is 4.79 Å². The Bertz CT molecular complexity index is 1410. The molecule has 194 valence electrons. The van der Waals surface area contributed by atoms with Crippen molar-refractivity contribution in [3.8, 4) is 5.75 Å². The van der Waals surface area contributed by atoms with E-state index in [1.165, 1.54) is 18.4 Å². The van der Waals surface area contributed by atoms with Crippen molar-refractivity contribution in [2.24, 2.45) is 0 Å². The van der Waals surface area contributed by atoms with E-state index in [-0.39, 0.29) is 11.6 Å². The topological polar surface area (TPSA) is 88.9 Å². The van der Waals surface area contributed by atoms with Crippen molar-refractivity contribution in [3.63, 3.8) is 0 Å². The summed E-state index contributed by atoms with van der Waals surface area (Å²) < 4.78 is 7.71. The highest BCUT2D eigenvalue weighted by molar-refractivity contribution is 5.79. The molecule has 1 N–H and O–H groups in total. The number of benzene rings is 2. The third kappa shape index (κ3) is 5.30. The molecule has 2 heterocycles. The van der Waals surface area contributed by atoms with Crippen molar-refractivity contribution in [1.29, 1.82) is 0 Å². The van der Waals surface area contributed by atoms with Gasteiger partial charge in [-0.1, -0.05) is 51.0 Å². The van der Waals surface area contributed by atoms with Gasteiger partial charge in [-0.15, -0.1) is 5.10 Å². The second-order valence-electron chi connectivity index (χ2n) is 9.96. The van der Waals surface area contributed by atoms with Crippen LogP contribution in [0.25, 0.3) is 10.9 Å². The lowest BCUT2D eigenvalue weighted by Crippen LogP contribution is -2.33. The molecule has 1 fully saturated rings. The number of tetrazole rings is 1. The Hall–Kier alpha value is -3.52. The number of ether oxygens (including phenoxy) is 1. The Labute approximate surface area is 217 Å². The van der Waals surface area contributed by atoms with Crippen LogP contribution in [-0.2, 0) is 19.5 Å². The number of H-pyrrole nitrogens is 1. The fraction of sp³-hybridized carbons (Fsp3) is 0.448. The van der Waals surface area contributed by atoms with E-state index in [1.807, 2.05) is 35.0 Å². The summed E-state index contributed by atoms with van der Waals surface area (Å²) in [6.07, 6.45) is 6.38. The number of aromatic nitrogens is 5. The second kappa shape index (κ2) is 11.3. The largest absolute Gasteiger partial charge is 0.496 e. The van der Waals surface area contributed by atoms with E-state index in [0.717, 1.165) is 59.3 Å². The minimum atomic E-state index is -0.0630. The first-order valence-electron chi connectivity index (χ1n) is 13.4. The van der Waals surface area contributed by atoms with Gasteiger partial charge >= 0.3 is 0 Å². The van der Waals surface area contributed by atoms with Gasteiger partial charge in [0.05, 0.1) is 19.2 Å². The highest BCUT2D eigenvalue weighted by atomic mass is 16.5. The standard InChI is InChI=1S/C29H36N6O2/c1-4-20-14-15-25-22(16-20)17-23(29(36)30-25)19-34(18-21-10-6-9-13-27(21)37-3)26(5-2)28-31-32-33-35(28)24-11-7-8-12-24/h6,9-10,13-17,24,26H,4-5,7-8,11-12,18-19H2,1-3H3,(H,30,36)/t26-/m1/s1. The molecule has 0 bridgehead atoms. The molecular weight excluding hydrogens is 464 g/mol. The quantitative estimate of drug-likeness (QED) is 0.316. The number of methoxy groups -OCH3 is 1. The van der Waals surface area contributed by atoms with Gasteiger partial charge in [0.25, 0.3) is 5.56 Å². The van der Waals surface area contributed by atoms with Gasteiger partial charge in [0, 0.05) is 29.7 Å². The van der Waals surface area contributed by atoms with Gasteiger partial charge in [-0.25, -0.2) is 4.68 Å².